The molecule has 0 aliphatic rings. The number of fused-ring (bicyclic) bond motifs is 1. The van der Waals surface area contributed by atoms with Gasteiger partial charge in [0.1, 0.15) is 0 Å². The van der Waals surface area contributed by atoms with Crippen LogP contribution in [0.1, 0.15) is 35.4 Å². The van der Waals surface area contributed by atoms with Gasteiger partial charge in [0, 0.05) is 28.5 Å². The fourth-order valence-corrected chi connectivity index (χ4v) is 4.03. The molecule has 2 aromatic carbocycles. The molecule has 5 nitrogen and oxygen atoms in total. The zero-order chi connectivity index (χ0) is 21.1. The topological polar surface area (TPSA) is 62.7 Å². The van der Waals surface area contributed by atoms with E-state index in [1.165, 1.54) is 10.9 Å². The minimum Gasteiger partial charge on any atom is -0.361 e. The smallest absolute Gasteiger partial charge is 0.224 e. The second-order valence-electron chi connectivity index (χ2n) is 7.59. The second kappa shape index (κ2) is 8.76. The van der Waals surface area contributed by atoms with Crippen molar-refractivity contribution in [2.45, 2.75) is 39.7 Å². The maximum Gasteiger partial charge on any atom is 0.224 e. The fraction of sp³-hybridized carbons (Fsp3) is 0.250. The number of anilines is 1. The van der Waals surface area contributed by atoms with E-state index in [9.17, 15) is 4.79 Å². The van der Waals surface area contributed by atoms with Crippen LogP contribution in [0.15, 0.2) is 54.7 Å². The number of carbonyl (C=O) groups excluding carboxylic acids is 1. The summed E-state index contributed by atoms with van der Waals surface area (Å²) in [5.74, 6) is 0.0170. The summed E-state index contributed by atoms with van der Waals surface area (Å²) >= 11 is 6.09. The van der Waals surface area contributed by atoms with Crippen molar-refractivity contribution in [1.82, 2.24) is 14.8 Å². The zero-order valence-corrected chi connectivity index (χ0v) is 18.0. The van der Waals surface area contributed by atoms with E-state index >= 15 is 0 Å². The van der Waals surface area contributed by atoms with Crippen molar-refractivity contribution in [3.05, 3.63) is 82.3 Å². The number of carbonyl (C=O) groups is 1. The van der Waals surface area contributed by atoms with E-state index in [0.29, 0.717) is 18.0 Å². The first kappa shape index (κ1) is 20.2. The van der Waals surface area contributed by atoms with E-state index in [1.54, 1.807) is 0 Å². The Morgan fingerprint density at radius 3 is 2.83 bits per heavy atom. The minimum atomic E-state index is 0.0170. The van der Waals surface area contributed by atoms with Gasteiger partial charge in [-0.1, -0.05) is 41.9 Å². The highest BCUT2D eigenvalue weighted by Crippen LogP contribution is 2.23. The van der Waals surface area contributed by atoms with Crippen LogP contribution in [0.3, 0.4) is 0 Å². The summed E-state index contributed by atoms with van der Waals surface area (Å²) in [4.78, 5) is 15.8. The molecule has 154 valence electrons. The molecule has 0 radical (unpaired) electrons. The highest BCUT2D eigenvalue weighted by atomic mass is 35.5. The first-order valence-electron chi connectivity index (χ1n) is 10.1. The Bertz CT molecular complexity index is 1190. The van der Waals surface area contributed by atoms with Crippen molar-refractivity contribution in [3.63, 3.8) is 0 Å². The third kappa shape index (κ3) is 4.41. The highest BCUT2D eigenvalue weighted by molar-refractivity contribution is 6.30. The van der Waals surface area contributed by atoms with Gasteiger partial charge in [-0.2, -0.15) is 5.10 Å². The first-order valence-corrected chi connectivity index (χ1v) is 10.5. The fourth-order valence-electron chi connectivity index (χ4n) is 3.82. The third-order valence-electron chi connectivity index (χ3n) is 5.39. The van der Waals surface area contributed by atoms with Crippen molar-refractivity contribution in [1.29, 1.82) is 0 Å². The number of para-hydroxylation sites is 1. The lowest BCUT2D eigenvalue weighted by molar-refractivity contribution is -0.116. The Balaban J connectivity index is 1.36. The number of halogens is 1. The van der Waals surface area contributed by atoms with E-state index in [2.05, 4.69) is 27.5 Å². The molecule has 0 bridgehead atoms. The number of benzene rings is 2. The average molecular weight is 421 g/mol. The van der Waals surface area contributed by atoms with Crippen LogP contribution in [0.5, 0.6) is 0 Å². The molecule has 0 spiro atoms. The maximum absolute atomic E-state index is 12.5. The van der Waals surface area contributed by atoms with Gasteiger partial charge in [0.2, 0.25) is 5.91 Å². The molecule has 6 heteroatoms. The maximum atomic E-state index is 12.5. The van der Waals surface area contributed by atoms with Gasteiger partial charge in [-0.25, -0.2) is 0 Å². The van der Waals surface area contributed by atoms with E-state index in [0.717, 1.165) is 41.0 Å². The molecular weight excluding hydrogens is 396 g/mol. The Kier molecular flexibility index (Phi) is 5.91. The van der Waals surface area contributed by atoms with Crippen LogP contribution in [0.4, 0.5) is 5.69 Å². The number of H-pyrrole nitrogens is 1. The number of rotatable bonds is 7. The normalized spacial score (nSPS) is 11.2. The Labute approximate surface area is 181 Å². The summed E-state index contributed by atoms with van der Waals surface area (Å²) in [7, 11) is 0. The first-order chi connectivity index (χ1) is 14.5. The summed E-state index contributed by atoms with van der Waals surface area (Å²) in [6.07, 6.45) is 4.17. The zero-order valence-electron chi connectivity index (χ0n) is 17.2. The van der Waals surface area contributed by atoms with Gasteiger partial charge in [-0.3, -0.25) is 9.48 Å². The predicted octanol–water partition coefficient (Wildman–Crippen LogP) is 5.64. The summed E-state index contributed by atoms with van der Waals surface area (Å²) in [6, 6.07) is 16.0. The molecule has 2 N–H and O–H groups in total. The van der Waals surface area contributed by atoms with E-state index in [-0.39, 0.29) is 5.91 Å². The number of nitrogens with zero attached hydrogens (tertiary/aromatic N) is 2. The standard InChI is InChI=1S/C24H25ClN4O/c1-16-24(17(2)29(28-16)15-18-7-5-9-20(25)13-18)27-23(30)12-6-8-19-14-26-22-11-4-3-10-21(19)22/h3-5,7,9-11,13-14,26H,6,8,12,15H2,1-2H3,(H,27,30). The lowest BCUT2D eigenvalue weighted by Gasteiger charge is -2.08. The van der Waals surface area contributed by atoms with Gasteiger partial charge in [0.05, 0.1) is 23.6 Å². The molecule has 4 aromatic rings. The number of hydrogen-bond donors (Lipinski definition) is 2. The molecule has 0 saturated carbocycles. The van der Waals surface area contributed by atoms with Gasteiger partial charge in [-0.05, 0) is 56.0 Å². The summed E-state index contributed by atoms with van der Waals surface area (Å²) in [6.45, 7) is 4.51. The van der Waals surface area contributed by atoms with Crippen LogP contribution in [0, 0.1) is 13.8 Å². The van der Waals surface area contributed by atoms with Crippen LogP contribution >= 0.6 is 11.6 Å². The largest absolute Gasteiger partial charge is 0.361 e. The van der Waals surface area contributed by atoms with E-state index < -0.39 is 0 Å². The number of aromatic nitrogens is 3. The molecule has 0 unspecified atom stereocenters. The van der Waals surface area contributed by atoms with Gasteiger partial charge in [0.15, 0.2) is 0 Å². The van der Waals surface area contributed by atoms with Crippen molar-refractivity contribution in [3.8, 4) is 0 Å². The van der Waals surface area contributed by atoms with Crippen molar-refractivity contribution in [2.24, 2.45) is 0 Å². The SMILES string of the molecule is Cc1nn(Cc2cccc(Cl)c2)c(C)c1NC(=O)CCCc1c[nH]c2ccccc12. The van der Waals surface area contributed by atoms with Gasteiger partial charge in [0.25, 0.3) is 0 Å². The molecule has 30 heavy (non-hydrogen) atoms. The Hall–Kier alpha value is -3.05. The molecule has 0 aliphatic carbocycles. The molecule has 1 amide bonds. The number of hydrogen-bond acceptors (Lipinski definition) is 2. The Morgan fingerprint density at radius 2 is 2.00 bits per heavy atom. The number of aryl methyl sites for hydroxylation is 2. The summed E-state index contributed by atoms with van der Waals surface area (Å²) in [5, 5.41) is 9.59. The summed E-state index contributed by atoms with van der Waals surface area (Å²) < 4.78 is 1.91. The highest BCUT2D eigenvalue weighted by Gasteiger charge is 2.15. The third-order valence-corrected chi connectivity index (χ3v) is 5.63. The molecule has 0 saturated heterocycles. The summed E-state index contributed by atoms with van der Waals surface area (Å²) in [5.41, 5.74) is 6.02. The van der Waals surface area contributed by atoms with Crippen molar-refractivity contribution < 1.29 is 4.79 Å². The molecule has 0 atom stereocenters. The molecular formula is C24H25ClN4O. The number of nitrogens with one attached hydrogen (secondary N) is 2. The lowest BCUT2D eigenvalue weighted by atomic mass is 10.1. The van der Waals surface area contributed by atoms with Gasteiger partial charge < -0.3 is 10.3 Å². The predicted molar refractivity (Wildman–Crippen MR) is 122 cm³/mol. The number of aromatic amines is 1. The molecule has 0 aliphatic heterocycles. The monoisotopic (exact) mass is 420 g/mol. The minimum absolute atomic E-state index is 0.0170. The molecule has 4 rings (SSSR count). The van der Waals surface area contributed by atoms with Crippen LogP contribution in [-0.2, 0) is 17.8 Å². The van der Waals surface area contributed by atoms with Crippen LogP contribution in [0.2, 0.25) is 5.02 Å². The van der Waals surface area contributed by atoms with Gasteiger partial charge >= 0.3 is 0 Å². The molecule has 0 fully saturated rings. The lowest BCUT2D eigenvalue weighted by Crippen LogP contribution is -2.13. The second-order valence-corrected chi connectivity index (χ2v) is 8.03. The molecule has 2 heterocycles. The van der Waals surface area contributed by atoms with Gasteiger partial charge in [-0.15, -0.1) is 0 Å². The quantitative estimate of drug-likeness (QED) is 0.406. The van der Waals surface area contributed by atoms with Crippen molar-refractivity contribution in [2.75, 3.05) is 5.32 Å². The van der Waals surface area contributed by atoms with Crippen molar-refractivity contribution >= 4 is 34.1 Å². The Morgan fingerprint density at radius 1 is 1.17 bits per heavy atom. The van der Waals surface area contributed by atoms with E-state index in [4.69, 9.17) is 11.6 Å². The van der Waals surface area contributed by atoms with Crippen LogP contribution < -0.4 is 5.32 Å². The van der Waals surface area contributed by atoms with Crippen LogP contribution in [0.25, 0.3) is 10.9 Å². The van der Waals surface area contributed by atoms with E-state index in [1.807, 2.05) is 61.1 Å². The van der Waals surface area contributed by atoms with Crippen LogP contribution in [-0.4, -0.2) is 20.7 Å². The number of amides is 1. The molecule has 2 aromatic heterocycles. The average Bonchev–Trinajstić information content (AvgIpc) is 3.24.